The molecule has 4 aromatic rings. The number of amides is 1. The summed E-state index contributed by atoms with van der Waals surface area (Å²) in [6.45, 7) is 1.31. The lowest BCUT2D eigenvalue weighted by Crippen LogP contribution is -2.36. The van der Waals surface area contributed by atoms with Crippen LogP contribution in [0, 0.1) is 0 Å². The van der Waals surface area contributed by atoms with Gasteiger partial charge in [0.05, 0.1) is 17.3 Å². The topological polar surface area (TPSA) is 45.7 Å². The Morgan fingerprint density at radius 2 is 1.66 bits per heavy atom. The molecule has 0 aliphatic heterocycles. The van der Waals surface area contributed by atoms with Crippen molar-refractivity contribution in [3.63, 3.8) is 0 Å². The molecule has 5 nitrogen and oxygen atoms in total. The molecule has 0 fully saturated rings. The summed E-state index contributed by atoms with van der Waals surface area (Å²) >= 11 is 1.51. The highest BCUT2D eigenvalue weighted by Gasteiger charge is 2.21. The fraction of sp³-hybridized carbons (Fsp3) is 0.231. The average Bonchev–Trinajstić information content (AvgIpc) is 3.23. The molecule has 0 unspecified atom stereocenters. The third-order valence-corrected chi connectivity index (χ3v) is 6.32. The molecule has 0 spiro atoms. The number of anilines is 1. The number of aromatic nitrogens is 1. The first-order valence-electron chi connectivity index (χ1n) is 10.6. The van der Waals surface area contributed by atoms with Crippen molar-refractivity contribution in [1.82, 2.24) is 9.88 Å². The second kappa shape index (κ2) is 9.94. The molecule has 0 bridgehead atoms. The third-order valence-electron chi connectivity index (χ3n) is 5.28. The molecule has 0 saturated carbocycles. The monoisotopic (exact) mass is 445 g/mol. The maximum Gasteiger partial charge on any atom is 0.260 e. The van der Waals surface area contributed by atoms with Crippen LogP contribution in [0.4, 0.5) is 5.13 Å². The highest BCUT2D eigenvalue weighted by atomic mass is 32.1. The van der Waals surface area contributed by atoms with Crippen LogP contribution in [0.15, 0.2) is 72.8 Å². The lowest BCUT2D eigenvalue weighted by Gasteiger charge is -2.22. The number of likely N-dealkylation sites (N-methyl/N-ethyl adjacent to an activating group) is 1. The van der Waals surface area contributed by atoms with Gasteiger partial charge < -0.3 is 9.64 Å². The molecule has 3 aromatic carbocycles. The SMILES string of the molecule is COc1ccc2nc(N(CCN(C)C)C(=O)c3ccc(Cc4ccccc4)cc3)sc2c1. The third kappa shape index (κ3) is 5.15. The van der Waals surface area contributed by atoms with Crippen LogP contribution in [0.25, 0.3) is 10.2 Å². The maximum absolute atomic E-state index is 13.5. The molecule has 0 saturated heterocycles. The van der Waals surface area contributed by atoms with Crippen molar-refractivity contribution in [2.45, 2.75) is 6.42 Å². The van der Waals surface area contributed by atoms with E-state index in [9.17, 15) is 4.79 Å². The van der Waals surface area contributed by atoms with Crippen molar-refractivity contribution in [2.75, 3.05) is 39.2 Å². The van der Waals surface area contributed by atoms with Gasteiger partial charge in [0.25, 0.3) is 5.91 Å². The van der Waals surface area contributed by atoms with Crippen LogP contribution in [0.2, 0.25) is 0 Å². The number of hydrogen-bond acceptors (Lipinski definition) is 5. The van der Waals surface area contributed by atoms with Gasteiger partial charge in [-0.15, -0.1) is 0 Å². The number of thiazole rings is 1. The van der Waals surface area contributed by atoms with Gasteiger partial charge in [-0.3, -0.25) is 9.69 Å². The number of rotatable bonds is 8. The van der Waals surface area contributed by atoms with Gasteiger partial charge in [-0.05, 0) is 62.0 Å². The Morgan fingerprint density at radius 3 is 2.34 bits per heavy atom. The molecule has 0 radical (unpaired) electrons. The summed E-state index contributed by atoms with van der Waals surface area (Å²) in [5.74, 6) is 0.747. The molecule has 1 heterocycles. The Kier molecular flexibility index (Phi) is 6.83. The second-order valence-electron chi connectivity index (χ2n) is 7.95. The molecule has 6 heteroatoms. The first-order valence-corrected chi connectivity index (χ1v) is 11.4. The van der Waals surface area contributed by atoms with Crippen molar-refractivity contribution in [1.29, 1.82) is 0 Å². The molecule has 164 valence electrons. The molecule has 0 atom stereocenters. The van der Waals surface area contributed by atoms with Gasteiger partial charge in [0.1, 0.15) is 5.75 Å². The number of methoxy groups -OCH3 is 1. The molecule has 0 N–H and O–H groups in total. The Bertz CT molecular complexity index is 1190. The largest absolute Gasteiger partial charge is 0.497 e. The van der Waals surface area contributed by atoms with E-state index in [2.05, 4.69) is 17.0 Å². The Labute approximate surface area is 192 Å². The van der Waals surface area contributed by atoms with Gasteiger partial charge in [-0.2, -0.15) is 0 Å². The minimum absolute atomic E-state index is 0.0378. The number of carbonyl (C=O) groups excluding carboxylic acids is 1. The average molecular weight is 446 g/mol. The molecular weight excluding hydrogens is 418 g/mol. The van der Waals surface area contributed by atoms with Crippen LogP contribution >= 0.6 is 11.3 Å². The molecule has 0 aliphatic carbocycles. The zero-order valence-corrected chi connectivity index (χ0v) is 19.4. The van der Waals surface area contributed by atoms with Crippen LogP contribution in [0.3, 0.4) is 0 Å². The molecule has 1 aromatic heterocycles. The molecule has 4 rings (SSSR count). The first kappa shape index (κ1) is 22.0. The van der Waals surface area contributed by atoms with Crippen LogP contribution in [0.1, 0.15) is 21.5 Å². The van der Waals surface area contributed by atoms with Crippen molar-refractivity contribution in [3.8, 4) is 5.75 Å². The number of carbonyl (C=O) groups is 1. The summed E-state index contributed by atoms with van der Waals surface area (Å²) in [5.41, 5.74) is 3.97. The lowest BCUT2D eigenvalue weighted by atomic mass is 10.0. The highest BCUT2D eigenvalue weighted by Crippen LogP contribution is 2.32. The summed E-state index contributed by atoms with van der Waals surface area (Å²) in [4.78, 5) is 22.1. The number of nitrogens with zero attached hydrogens (tertiary/aromatic N) is 3. The zero-order valence-electron chi connectivity index (χ0n) is 18.6. The van der Waals surface area contributed by atoms with E-state index in [4.69, 9.17) is 9.72 Å². The fourth-order valence-electron chi connectivity index (χ4n) is 3.47. The molecular formula is C26H27N3O2S. The number of hydrogen-bond donors (Lipinski definition) is 0. The summed E-state index contributed by atoms with van der Waals surface area (Å²) < 4.78 is 6.33. The van der Waals surface area contributed by atoms with Gasteiger partial charge in [0.15, 0.2) is 5.13 Å². The fourth-order valence-corrected chi connectivity index (χ4v) is 4.49. The Hall–Kier alpha value is -3.22. The zero-order chi connectivity index (χ0) is 22.5. The summed E-state index contributed by atoms with van der Waals surface area (Å²) in [5, 5.41) is 0.702. The van der Waals surface area contributed by atoms with Gasteiger partial charge >= 0.3 is 0 Å². The van der Waals surface area contributed by atoms with E-state index in [-0.39, 0.29) is 5.91 Å². The molecule has 32 heavy (non-hydrogen) atoms. The number of fused-ring (bicyclic) bond motifs is 1. The first-order chi connectivity index (χ1) is 15.5. The van der Waals surface area contributed by atoms with E-state index in [0.717, 1.165) is 28.9 Å². The minimum atomic E-state index is -0.0378. The predicted molar refractivity (Wildman–Crippen MR) is 132 cm³/mol. The Balaban J connectivity index is 1.59. The number of benzene rings is 3. The Morgan fingerprint density at radius 1 is 0.938 bits per heavy atom. The van der Waals surface area contributed by atoms with Crippen molar-refractivity contribution in [3.05, 3.63) is 89.5 Å². The van der Waals surface area contributed by atoms with E-state index in [1.54, 1.807) is 12.0 Å². The molecule has 0 aliphatic rings. The van der Waals surface area contributed by atoms with E-state index < -0.39 is 0 Å². The van der Waals surface area contributed by atoms with E-state index in [1.807, 2.05) is 74.8 Å². The van der Waals surface area contributed by atoms with Crippen molar-refractivity contribution < 1.29 is 9.53 Å². The van der Waals surface area contributed by atoms with Crippen LogP contribution in [-0.4, -0.2) is 50.1 Å². The summed E-state index contributed by atoms with van der Waals surface area (Å²) in [6.07, 6.45) is 0.847. The lowest BCUT2D eigenvalue weighted by molar-refractivity contribution is 0.0985. The summed E-state index contributed by atoms with van der Waals surface area (Å²) in [7, 11) is 5.66. The van der Waals surface area contributed by atoms with Gasteiger partial charge in [0.2, 0.25) is 0 Å². The quantitative estimate of drug-likeness (QED) is 0.378. The normalized spacial score (nSPS) is 11.1. The smallest absolute Gasteiger partial charge is 0.260 e. The van der Waals surface area contributed by atoms with E-state index >= 15 is 0 Å². The van der Waals surface area contributed by atoms with E-state index in [0.29, 0.717) is 17.2 Å². The van der Waals surface area contributed by atoms with Crippen LogP contribution in [0.5, 0.6) is 5.75 Å². The minimum Gasteiger partial charge on any atom is -0.497 e. The van der Waals surface area contributed by atoms with Gasteiger partial charge in [-0.1, -0.05) is 53.8 Å². The summed E-state index contributed by atoms with van der Waals surface area (Å²) in [6, 6.07) is 24.0. The number of ether oxygens (including phenoxy) is 1. The van der Waals surface area contributed by atoms with Crippen molar-refractivity contribution >= 4 is 32.6 Å². The highest BCUT2D eigenvalue weighted by molar-refractivity contribution is 7.22. The molecule has 1 amide bonds. The second-order valence-corrected chi connectivity index (χ2v) is 8.96. The van der Waals surface area contributed by atoms with Crippen LogP contribution < -0.4 is 9.64 Å². The van der Waals surface area contributed by atoms with Crippen LogP contribution in [-0.2, 0) is 6.42 Å². The predicted octanol–water partition coefficient (Wildman–Crippen LogP) is 5.10. The standard InChI is InChI=1S/C26H27N3O2S/c1-28(2)15-16-29(26-27-23-14-13-22(31-3)18-24(23)32-26)25(30)21-11-9-20(10-12-21)17-19-7-5-4-6-8-19/h4-14,18H,15-17H2,1-3H3. The van der Waals surface area contributed by atoms with E-state index in [1.165, 1.54) is 22.5 Å². The van der Waals surface area contributed by atoms with Gasteiger partial charge in [-0.25, -0.2) is 4.98 Å². The maximum atomic E-state index is 13.5. The van der Waals surface area contributed by atoms with Crippen molar-refractivity contribution in [2.24, 2.45) is 0 Å². The van der Waals surface area contributed by atoms with Gasteiger partial charge in [0, 0.05) is 18.7 Å².